The monoisotopic (exact) mass is 123 g/mol. The first-order valence-corrected chi connectivity index (χ1v) is 4.50. The summed E-state index contributed by atoms with van der Waals surface area (Å²) in [6.07, 6.45) is 2.06. The van der Waals surface area contributed by atoms with E-state index >= 15 is 0 Å². The van der Waals surface area contributed by atoms with Crippen LogP contribution in [-0.4, -0.2) is 18.6 Å². The Morgan fingerprint density at radius 2 is 2.33 bits per heavy atom. The zero-order valence-electron chi connectivity index (χ0n) is 3.81. The molecular formula is C3H9NS2. The average Bonchev–Trinajstić information content (AvgIpc) is 1.61. The first-order valence-electron chi connectivity index (χ1n) is 1.77. The van der Waals surface area contributed by atoms with Gasteiger partial charge in [-0.25, -0.2) is 0 Å². The molecule has 6 heavy (non-hydrogen) atoms. The van der Waals surface area contributed by atoms with Crippen LogP contribution in [0, 0.1) is 0 Å². The summed E-state index contributed by atoms with van der Waals surface area (Å²) in [4.78, 5) is 0. The van der Waals surface area contributed by atoms with E-state index in [2.05, 4.69) is 6.26 Å². The van der Waals surface area contributed by atoms with E-state index in [1.807, 2.05) is 0 Å². The Morgan fingerprint density at radius 3 is 2.50 bits per heavy atom. The molecule has 3 heteroatoms. The van der Waals surface area contributed by atoms with Gasteiger partial charge in [0, 0.05) is 12.3 Å². The minimum absolute atomic E-state index is 0.797. The van der Waals surface area contributed by atoms with Crippen LogP contribution in [0.1, 0.15) is 0 Å². The molecule has 0 amide bonds. The van der Waals surface area contributed by atoms with Crippen LogP contribution in [0.15, 0.2) is 0 Å². The molecule has 0 radical (unpaired) electrons. The fourth-order valence-electron chi connectivity index (χ4n) is 0.131. The number of nitrogens with two attached hydrogens (primary N) is 1. The second-order valence-electron chi connectivity index (χ2n) is 0.777. The van der Waals surface area contributed by atoms with E-state index in [0.717, 1.165) is 12.3 Å². The molecule has 0 heterocycles. The molecule has 0 rings (SSSR count). The van der Waals surface area contributed by atoms with Gasteiger partial charge >= 0.3 is 0 Å². The second kappa shape index (κ2) is 5.66. The molecule has 0 aromatic rings. The molecule has 0 aliphatic carbocycles. The quantitative estimate of drug-likeness (QED) is 0.447. The van der Waals surface area contributed by atoms with Crippen LogP contribution in [0.4, 0.5) is 0 Å². The minimum atomic E-state index is 0.797. The Kier molecular flexibility index (Phi) is 6.28. The van der Waals surface area contributed by atoms with Gasteiger partial charge in [0.05, 0.1) is 0 Å². The van der Waals surface area contributed by atoms with Gasteiger partial charge < -0.3 is 5.73 Å². The maximum absolute atomic E-state index is 5.18. The molecule has 0 fully saturated rings. The molecule has 1 nitrogen and oxygen atoms in total. The SMILES string of the molecule is CSSCCN. The maximum Gasteiger partial charge on any atom is 0.0160 e. The summed E-state index contributed by atoms with van der Waals surface area (Å²) in [5.41, 5.74) is 5.18. The Balaban J connectivity index is 2.34. The Morgan fingerprint density at radius 1 is 1.67 bits per heavy atom. The Labute approximate surface area is 46.5 Å². The zero-order chi connectivity index (χ0) is 4.83. The van der Waals surface area contributed by atoms with E-state index < -0.39 is 0 Å². The van der Waals surface area contributed by atoms with E-state index in [0.29, 0.717) is 0 Å². The average molecular weight is 123 g/mol. The van der Waals surface area contributed by atoms with Crippen LogP contribution in [0.5, 0.6) is 0 Å². The molecule has 0 aromatic heterocycles. The second-order valence-corrected chi connectivity index (χ2v) is 3.46. The van der Waals surface area contributed by atoms with Gasteiger partial charge in [-0.2, -0.15) is 0 Å². The minimum Gasteiger partial charge on any atom is -0.330 e. The van der Waals surface area contributed by atoms with Gasteiger partial charge in [-0.1, -0.05) is 21.6 Å². The summed E-state index contributed by atoms with van der Waals surface area (Å²) >= 11 is 0. The van der Waals surface area contributed by atoms with Crippen molar-refractivity contribution in [3.8, 4) is 0 Å². The summed E-state index contributed by atoms with van der Waals surface area (Å²) < 4.78 is 0. The van der Waals surface area contributed by atoms with Crippen LogP contribution in [-0.2, 0) is 0 Å². The molecule has 0 aromatic carbocycles. The molecular weight excluding hydrogens is 114 g/mol. The van der Waals surface area contributed by atoms with Crippen molar-refractivity contribution < 1.29 is 0 Å². The van der Waals surface area contributed by atoms with Gasteiger partial charge in [-0.3, -0.25) is 0 Å². The maximum atomic E-state index is 5.18. The first-order chi connectivity index (χ1) is 2.91. The predicted molar refractivity (Wildman–Crippen MR) is 35.0 cm³/mol. The lowest BCUT2D eigenvalue weighted by Crippen LogP contribution is -1.99. The zero-order valence-corrected chi connectivity index (χ0v) is 5.44. The lowest BCUT2D eigenvalue weighted by atomic mass is 10.8. The molecule has 0 unspecified atom stereocenters. The normalized spacial score (nSPS) is 9.00. The van der Waals surface area contributed by atoms with Crippen molar-refractivity contribution in [2.45, 2.75) is 0 Å². The fourth-order valence-corrected chi connectivity index (χ4v) is 1.18. The number of hydrogen-bond donors (Lipinski definition) is 1. The van der Waals surface area contributed by atoms with E-state index in [9.17, 15) is 0 Å². The van der Waals surface area contributed by atoms with Gasteiger partial charge in [0.25, 0.3) is 0 Å². The van der Waals surface area contributed by atoms with Gasteiger partial charge in [-0.05, 0) is 6.26 Å². The Bertz CT molecular complexity index is 20.8. The van der Waals surface area contributed by atoms with Gasteiger partial charge in [-0.15, -0.1) is 0 Å². The molecule has 0 aliphatic heterocycles. The molecule has 0 aliphatic rings. The molecule has 0 saturated heterocycles. The van der Waals surface area contributed by atoms with Crippen molar-refractivity contribution in [2.75, 3.05) is 18.6 Å². The van der Waals surface area contributed by atoms with E-state index in [4.69, 9.17) is 5.73 Å². The van der Waals surface area contributed by atoms with Gasteiger partial charge in [0.15, 0.2) is 0 Å². The summed E-state index contributed by atoms with van der Waals surface area (Å²) in [6, 6.07) is 0. The molecule has 0 saturated carbocycles. The Hall–Kier alpha value is 0.660. The number of hydrogen-bond acceptors (Lipinski definition) is 3. The van der Waals surface area contributed by atoms with E-state index in [1.54, 1.807) is 21.6 Å². The standard InChI is InChI=1S/C3H9NS2/c1-5-6-3-2-4/h2-4H2,1H3. The van der Waals surface area contributed by atoms with Gasteiger partial charge in [0.1, 0.15) is 0 Å². The van der Waals surface area contributed by atoms with Crippen molar-refractivity contribution in [1.82, 2.24) is 0 Å². The van der Waals surface area contributed by atoms with Crippen molar-refractivity contribution in [2.24, 2.45) is 5.73 Å². The summed E-state index contributed by atoms with van der Waals surface area (Å²) in [6.45, 7) is 0.797. The molecule has 2 N–H and O–H groups in total. The first kappa shape index (κ1) is 6.66. The lowest BCUT2D eigenvalue weighted by Gasteiger charge is -1.86. The molecule has 38 valence electrons. The van der Waals surface area contributed by atoms with Crippen molar-refractivity contribution in [3.63, 3.8) is 0 Å². The highest BCUT2D eigenvalue weighted by Gasteiger charge is 1.75. The third kappa shape index (κ3) is 4.66. The lowest BCUT2D eigenvalue weighted by molar-refractivity contribution is 1.16. The van der Waals surface area contributed by atoms with Crippen molar-refractivity contribution in [1.29, 1.82) is 0 Å². The predicted octanol–water partition coefficient (Wildman–Crippen LogP) is 0.956. The highest BCUT2D eigenvalue weighted by molar-refractivity contribution is 8.76. The summed E-state index contributed by atoms with van der Waals surface area (Å²) in [7, 11) is 3.56. The smallest absolute Gasteiger partial charge is 0.0160 e. The highest BCUT2D eigenvalue weighted by atomic mass is 33.1. The number of rotatable bonds is 3. The molecule has 0 bridgehead atoms. The van der Waals surface area contributed by atoms with Crippen LogP contribution in [0.25, 0.3) is 0 Å². The largest absolute Gasteiger partial charge is 0.330 e. The van der Waals surface area contributed by atoms with Crippen molar-refractivity contribution >= 4 is 21.6 Å². The molecule has 0 atom stereocenters. The van der Waals surface area contributed by atoms with Gasteiger partial charge in [0.2, 0.25) is 0 Å². The van der Waals surface area contributed by atoms with E-state index in [1.165, 1.54) is 0 Å². The van der Waals surface area contributed by atoms with Crippen LogP contribution in [0.3, 0.4) is 0 Å². The van der Waals surface area contributed by atoms with Crippen LogP contribution >= 0.6 is 21.6 Å². The fraction of sp³-hybridized carbons (Fsp3) is 1.00. The highest BCUT2D eigenvalue weighted by Crippen LogP contribution is 2.14. The van der Waals surface area contributed by atoms with Crippen LogP contribution in [0.2, 0.25) is 0 Å². The topological polar surface area (TPSA) is 26.0 Å². The third-order valence-electron chi connectivity index (χ3n) is 0.319. The molecule has 0 spiro atoms. The summed E-state index contributed by atoms with van der Waals surface area (Å²) in [5.74, 6) is 1.07. The third-order valence-corrected chi connectivity index (χ3v) is 2.16. The summed E-state index contributed by atoms with van der Waals surface area (Å²) in [5, 5.41) is 0. The van der Waals surface area contributed by atoms with Crippen LogP contribution < -0.4 is 5.73 Å². The van der Waals surface area contributed by atoms with Crippen molar-refractivity contribution in [3.05, 3.63) is 0 Å². The van der Waals surface area contributed by atoms with E-state index in [-0.39, 0.29) is 0 Å².